The molecule has 0 unspecified atom stereocenters. The molecule has 0 fully saturated rings. The summed E-state index contributed by atoms with van der Waals surface area (Å²) >= 11 is 0. The average molecular weight is 187 g/mol. The number of hydrogen-bond acceptors (Lipinski definition) is 5. The van der Waals surface area contributed by atoms with Crippen LogP contribution in [0.25, 0.3) is 0 Å². The van der Waals surface area contributed by atoms with E-state index in [-0.39, 0.29) is 17.6 Å². The maximum Gasteiger partial charge on any atom is 0.235 e. The maximum atomic E-state index is 8.64. The van der Waals surface area contributed by atoms with Crippen LogP contribution in [0.1, 0.15) is 25.4 Å². The molecule has 0 saturated heterocycles. The molecule has 0 atom stereocenters. The lowest BCUT2D eigenvalue weighted by atomic mass is 10.3. The van der Waals surface area contributed by atoms with Crippen LogP contribution < -0.4 is 5.32 Å². The molecule has 0 bridgehead atoms. The summed E-state index contributed by atoms with van der Waals surface area (Å²) in [6.45, 7) is 3.89. The number of nitrogens with zero attached hydrogens (tertiary/aromatic N) is 4. The third-order valence-electron chi connectivity index (χ3n) is 1.38. The van der Waals surface area contributed by atoms with E-state index in [1.54, 1.807) is 6.07 Å². The van der Waals surface area contributed by atoms with Crippen molar-refractivity contribution in [3.05, 3.63) is 17.6 Å². The molecule has 0 amide bonds. The highest BCUT2D eigenvalue weighted by Crippen LogP contribution is 2.06. The van der Waals surface area contributed by atoms with Crippen LogP contribution in [0.2, 0.25) is 0 Å². The number of hydrogen-bond donors (Lipinski definition) is 1. The molecule has 5 heteroatoms. The molecule has 0 aromatic carbocycles. The van der Waals surface area contributed by atoms with Crippen LogP contribution >= 0.6 is 0 Å². The van der Waals surface area contributed by atoms with Gasteiger partial charge in [-0.25, -0.2) is 9.97 Å². The van der Waals surface area contributed by atoms with Crippen LogP contribution in [0.15, 0.2) is 6.07 Å². The van der Waals surface area contributed by atoms with Crippen molar-refractivity contribution in [2.45, 2.75) is 19.9 Å². The number of aromatic nitrogens is 2. The van der Waals surface area contributed by atoms with Gasteiger partial charge in [0, 0.05) is 12.1 Å². The van der Waals surface area contributed by atoms with E-state index in [1.807, 2.05) is 19.9 Å². The van der Waals surface area contributed by atoms with E-state index in [1.165, 1.54) is 6.07 Å². The summed E-state index contributed by atoms with van der Waals surface area (Å²) in [6.07, 6.45) is 0. The lowest BCUT2D eigenvalue weighted by molar-refractivity contribution is 0.883. The first kappa shape index (κ1) is 9.94. The van der Waals surface area contributed by atoms with Crippen molar-refractivity contribution >= 4 is 5.82 Å². The van der Waals surface area contributed by atoms with Crippen LogP contribution in [0.5, 0.6) is 0 Å². The Balaban J connectivity index is 3.08. The Kier molecular flexibility index (Phi) is 2.98. The largest absolute Gasteiger partial charge is 0.368 e. The van der Waals surface area contributed by atoms with Gasteiger partial charge in [0.25, 0.3) is 0 Å². The fourth-order valence-corrected chi connectivity index (χ4v) is 0.924. The Morgan fingerprint density at radius 2 is 2.00 bits per heavy atom. The highest BCUT2D eigenvalue weighted by Gasteiger charge is 2.04. The lowest BCUT2D eigenvalue weighted by Crippen LogP contribution is -2.12. The van der Waals surface area contributed by atoms with Crippen molar-refractivity contribution in [3.8, 4) is 12.1 Å². The fraction of sp³-hybridized carbons (Fsp3) is 0.333. The van der Waals surface area contributed by atoms with Crippen molar-refractivity contribution < 1.29 is 0 Å². The van der Waals surface area contributed by atoms with E-state index in [4.69, 9.17) is 10.5 Å². The minimum atomic E-state index is 0.00667. The zero-order chi connectivity index (χ0) is 10.6. The Hall–Kier alpha value is -2.14. The van der Waals surface area contributed by atoms with Gasteiger partial charge < -0.3 is 5.32 Å². The van der Waals surface area contributed by atoms with Crippen molar-refractivity contribution in [2.75, 3.05) is 5.32 Å². The summed E-state index contributed by atoms with van der Waals surface area (Å²) in [6, 6.07) is 5.39. The highest BCUT2D eigenvalue weighted by atomic mass is 15.0. The maximum absolute atomic E-state index is 8.64. The highest BCUT2D eigenvalue weighted by molar-refractivity contribution is 5.42. The van der Waals surface area contributed by atoms with Gasteiger partial charge in [-0.1, -0.05) is 0 Å². The van der Waals surface area contributed by atoms with Crippen molar-refractivity contribution in [1.82, 2.24) is 9.97 Å². The molecule has 0 spiro atoms. The van der Waals surface area contributed by atoms with E-state index in [0.29, 0.717) is 5.82 Å². The Labute approximate surface area is 82.0 Å². The minimum Gasteiger partial charge on any atom is -0.368 e. The smallest absolute Gasteiger partial charge is 0.235 e. The molecule has 1 N–H and O–H groups in total. The monoisotopic (exact) mass is 187 g/mol. The number of nitrogens with one attached hydrogen (secondary N) is 1. The van der Waals surface area contributed by atoms with Gasteiger partial charge in [0.1, 0.15) is 23.7 Å². The molecular formula is C9H9N5. The molecular weight excluding hydrogens is 178 g/mol. The Bertz CT molecular complexity index is 378. The standard InChI is InChI=1S/C9H9N5/c1-6(2)12-8-3-7(4-10)13-9(5-11)14-8/h3,6H,1-2H3,(H,12,13,14). The minimum absolute atomic E-state index is 0.00667. The van der Waals surface area contributed by atoms with E-state index in [9.17, 15) is 0 Å². The second-order valence-corrected chi connectivity index (χ2v) is 2.98. The molecule has 0 radical (unpaired) electrons. The number of rotatable bonds is 2. The van der Waals surface area contributed by atoms with E-state index >= 15 is 0 Å². The van der Waals surface area contributed by atoms with Gasteiger partial charge in [-0.15, -0.1) is 0 Å². The van der Waals surface area contributed by atoms with Crippen molar-refractivity contribution in [3.63, 3.8) is 0 Å². The molecule has 1 rings (SSSR count). The lowest BCUT2D eigenvalue weighted by Gasteiger charge is -2.08. The first-order valence-corrected chi connectivity index (χ1v) is 4.11. The Morgan fingerprint density at radius 1 is 1.29 bits per heavy atom. The quantitative estimate of drug-likeness (QED) is 0.747. The van der Waals surface area contributed by atoms with Crippen molar-refractivity contribution in [2.24, 2.45) is 0 Å². The second kappa shape index (κ2) is 4.20. The first-order valence-electron chi connectivity index (χ1n) is 4.11. The molecule has 70 valence electrons. The summed E-state index contributed by atoms with van der Waals surface area (Å²) in [4.78, 5) is 7.61. The summed E-state index contributed by atoms with van der Waals surface area (Å²) in [5.41, 5.74) is 0.194. The molecule has 1 heterocycles. The average Bonchev–Trinajstić information content (AvgIpc) is 2.16. The third kappa shape index (κ3) is 2.43. The van der Waals surface area contributed by atoms with Gasteiger partial charge in [0.05, 0.1) is 0 Å². The van der Waals surface area contributed by atoms with Gasteiger partial charge in [-0.3, -0.25) is 0 Å². The normalized spacial score (nSPS) is 9.21. The van der Waals surface area contributed by atoms with Gasteiger partial charge in [-0.2, -0.15) is 10.5 Å². The molecule has 0 aliphatic carbocycles. The zero-order valence-corrected chi connectivity index (χ0v) is 7.94. The molecule has 1 aromatic heterocycles. The van der Waals surface area contributed by atoms with Gasteiger partial charge in [0.15, 0.2) is 0 Å². The van der Waals surface area contributed by atoms with Gasteiger partial charge >= 0.3 is 0 Å². The van der Waals surface area contributed by atoms with E-state index < -0.39 is 0 Å². The van der Waals surface area contributed by atoms with E-state index in [2.05, 4.69) is 15.3 Å². The van der Waals surface area contributed by atoms with E-state index in [0.717, 1.165) is 0 Å². The summed E-state index contributed by atoms with van der Waals surface area (Å²) in [7, 11) is 0. The molecule has 0 saturated carbocycles. The molecule has 5 nitrogen and oxygen atoms in total. The molecule has 0 aliphatic heterocycles. The van der Waals surface area contributed by atoms with Crippen LogP contribution in [-0.4, -0.2) is 16.0 Å². The van der Waals surface area contributed by atoms with Crippen LogP contribution in [0, 0.1) is 22.7 Å². The summed E-state index contributed by atoms with van der Waals surface area (Å²) in [5, 5.41) is 20.2. The predicted molar refractivity (Wildman–Crippen MR) is 50.2 cm³/mol. The Morgan fingerprint density at radius 3 is 2.50 bits per heavy atom. The third-order valence-corrected chi connectivity index (χ3v) is 1.38. The SMILES string of the molecule is CC(C)Nc1cc(C#N)nc(C#N)n1. The van der Waals surface area contributed by atoms with Crippen LogP contribution in [-0.2, 0) is 0 Å². The van der Waals surface area contributed by atoms with Crippen LogP contribution in [0.3, 0.4) is 0 Å². The molecule has 0 aliphatic rings. The van der Waals surface area contributed by atoms with Crippen molar-refractivity contribution in [1.29, 1.82) is 10.5 Å². The summed E-state index contributed by atoms with van der Waals surface area (Å²) < 4.78 is 0. The predicted octanol–water partition coefficient (Wildman–Crippen LogP) is 1.04. The second-order valence-electron chi connectivity index (χ2n) is 2.98. The van der Waals surface area contributed by atoms with Crippen LogP contribution in [0.4, 0.5) is 5.82 Å². The molecule has 14 heavy (non-hydrogen) atoms. The summed E-state index contributed by atoms with van der Waals surface area (Å²) in [5.74, 6) is 0.510. The first-order chi connectivity index (χ1) is 6.65. The topological polar surface area (TPSA) is 85.4 Å². The number of nitriles is 2. The number of anilines is 1. The van der Waals surface area contributed by atoms with Gasteiger partial charge in [0.2, 0.25) is 5.82 Å². The fourth-order valence-electron chi connectivity index (χ4n) is 0.924. The van der Waals surface area contributed by atoms with Gasteiger partial charge in [-0.05, 0) is 13.8 Å². The zero-order valence-electron chi connectivity index (χ0n) is 7.94. The molecule has 1 aromatic rings.